The Balaban J connectivity index is 1.95. The second kappa shape index (κ2) is 7.27. The molecule has 8 N–H and O–H groups in total. The third kappa shape index (κ3) is 3.24. The van der Waals surface area contributed by atoms with Gasteiger partial charge in [-0.1, -0.05) is 0 Å². The summed E-state index contributed by atoms with van der Waals surface area (Å²) in [5.74, 6) is -8.10. The minimum Gasteiger partial charge on any atom is -0.507 e. The van der Waals surface area contributed by atoms with Crippen molar-refractivity contribution in [2.24, 2.45) is 0 Å². The summed E-state index contributed by atoms with van der Waals surface area (Å²) >= 11 is 0. The Kier molecular flexibility index (Phi) is 4.67. The van der Waals surface area contributed by atoms with Gasteiger partial charge in [-0.05, 0) is 30.3 Å². The molecule has 0 spiro atoms. The first-order valence-electron chi connectivity index (χ1n) is 9.08. The van der Waals surface area contributed by atoms with E-state index >= 15 is 0 Å². The number of fused-ring (bicyclic) bond motifs is 1. The van der Waals surface area contributed by atoms with Crippen molar-refractivity contribution in [2.75, 3.05) is 0 Å². The molecule has 11 nitrogen and oxygen atoms in total. The summed E-state index contributed by atoms with van der Waals surface area (Å²) in [6, 6.07) is 5.66. The van der Waals surface area contributed by atoms with E-state index in [1.165, 1.54) is 6.07 Å². The van der Waals surface area contributed by atoms with Gasteiger partial charge >= 0.3 is 0 Å². The van der Waals surface area contributed by atoms with Crippen molar-refractivity contribution in [3.05, 3.63) is 57.7 Å². The third-order valence-corrected chi connectivity index (χ3v) is 4.91. The molecule has 0 bridgehead atoms. The predicted molar refractivity (Wildman–Crippen MR) is 111 cm³/mol. The zero-order chi connectivity index (χ0) is 24.2. The number of carbonyl (C=O) groups excluding carboxylic acids is 1. The van der Waals surface area contributed by atoms with Crippen molar-refractivity contribution in [2.45, 2.75) is 0 Å². The van der Waals surface area contributed by atoms with E-state index < -0.39 is 85.1 Å². The van der Waals surface area contributed by atoms with Crippen molar-refractivity contribution in [1.29, 1.82) is 0 Å². The van der Waals surface area contributed by atoms with Crippen molar-refractivity contribution < 1.29 is 50.1 Å². The third-order valence-electron chi connectivity index (χ3n) is 4.91. The summed E-state index contributed by atoms with van der Waals surface area (Å²) in [4.78, 5) is 25.6. The molecule has 0 aliphatic carbocycles. The van der Waals surface area contributed by atoms with Crippen LogP contribution in [0.5, 0.6) is 46.0 Å². The summed E-state index contributed by atoms with van der Waals surface area (Å²) in [7, 11) is 0. The van der Waals surface area contributed by atoms with Gasteiger partial charge in [0, 0.05) is 17.2 Å². The zero-order valence-corrected chi connectivity index (χ0v) is 16.3. The summed E-state index contributed by atoms with van der Waals surface area (Å²) in [5, 5.41) is 78.4. The maximum absolute atomic E-state index is 12.8. The predicted octanol–water partition coefficient (Wildman–Crippen LogP) is 2.34. The summed E-state index contributed by atoms with van der Waals surface area (Å²) < 4.78 is 5.42. The molecule has 0 unspecified atom stereocenters. The van der Waals surface area contributed by atoms with E-state index in [1.54, 1.807) is 0 Å². The topological polar surface area (TPSA) is 209 Å². The highest BCUT2D eigenvalue weighted by molar-refractivity contribution is 6.15. The fourth-order valence-electron chi connectivity index (χ4n) is 3.28. The first kappa shape index (κ1) is 21.2. The average Bonchev–Trinajstić information content (AvgIpc) is 2.75. The molecule has 0 amide bonds. The van der Waals surface area contributed by atoms with Crippen molar-refractivity contribution in [3.8, 4) is 57.3 Å². The Morgan fingerprint density at radius 2 is 1.30 bits per heavy atom. The number of rotatable bonds is 3. The highest BCUT2D eigenvalue weighted by Crippen LogP contribution is 2.42. The van der Waals surface area contributed by atoms with Crippen LogP contribution >= 0.6 is 0 Å². The molecule has 4 aromatic rings. The van der Waals surface area contributed by atoms with Gasteiger partial charge < -0.3 is 45.3 Å². The number of phenolic OH excluding ortho intramolecular Hbond substituents is 7. The van der Waals surface area contributed by atoms with Crippen LogP contribution in [0.25, 0.3) is 22.3 Å². The first-order valence-corrected chi connectivity index (χ1v) is 9.08. The molecule has 0 fully saturated rings. The molecule has 33 heavy (non-hydrogen) atoms. The number of hydrogen-bond acceptors (Lipinski definition) is 11. The van der Waals surface area contributed by atoms with E-state index in [-0.39, 0.29) is 5.56 Å². The van der Waals surface area contributed by atoms with E-state index in [9.17, 15) is 50.4 Å². The molecular formula is C22H14O11. The molecular weight excluding hydrogens is 440 g/mol. The van der Waals surface area contributed by atoms with E-state index in [1.807, 2.05) is 0 Å². The molecule has 4 rings (SSSR count). The van der Waals surface area contributed by atoms with Crippen LogP contribution in [0.15, 0.2) is 45.6 Å². The summed E-state index contributed by atoms with van der Waals surface area (Å²) in [6.07, 6.45) is 0. The molecule has 3 aromatic carbocycles. The van der Waals surface area contributed by atoms with E-state index in [4.69, 9.17) is 4.42 Å². The molecule has 0 saturated heterocycles. The van der Waals surface area contributed by atoms with Crippen LogP contribution in [0.3, 0.4) is 0 Å². The lowest BCUT2D eigenvalue weighted by molar-refractivity contribution is 0.103. The molecule has 11 heteroatoms. The van der Waals surface area contributed by atoms with Gasteiger partial charge in [-0.2, -0.15) is 0 Å². The van der Waals surface area contributed by atoms with Crippen LogP contribution in [0.2, 0.25) is 0 Å². The van der Waals surface area contributed by atoms with Crippen molar-refractivity contribution >= 4 is 16.8 Å². The lowest BCUT2D eigenvalue weighted by Gasteiger charge is -2.12. The molecule has 0 atom stereocenters. The number of carbonyl (C=O) groups is 1. The molecule has 0 saturated carbocycles. The number of phenols is 7. The molecule has 1 aromatic heterocycles. The van der Waals surface area contributed by atoms with Gasteiger partial charge in [-0.25, -0.2) is 0 Å². The summed E-state index contributed by atoms with van der Waals surface area (Å²) in [5.41, 5.74) is -2.87. The maximum Gasteiger partial charge on any atom is 0.238 e. The van der Waals surface area contributed by atoms with Crippen LogP contribution in [0.1, 0.15) is 15.9 Å². The molecule has 0 aliphatic heterocycles. The van der Waals surface area contributed by atoms with Gasteiger partial charge in [-0.3, -0.25) is 9.59 Å². The second-order valence-electron chi connectivity index (χ2n) is 7.00. The first-order chi connectivity index (χ1) is 15.5. The van der Waals surface area contributed by atoms with E-state index in [2.05, 4.69) is 0 Å². The second-order valence-corrected chi connectivity index (χ2v) is 7.00. The van der Waals surface area contributed by atoms with Gasteiger partial charge in [0.1, 0.15) is 28.0 Å². The highest BCUT2D eigenvalue weighted by Gasteiger charge is 2.27. The summed E-state index contributed by atoms with van der Waals surface area (Å²) in [6.45, 7) is 0. The van der Waals surface area contributed by atoms with E-state index in [0.717, 1.165) is 30.3 Å². The minimum absolute atomic E-state index is 0.0176. The zero-order valence-electron chi connectivity index (χ0n) is 16.3. The largest absolute Gasteiger partial charge is 0.507 e. The van der Waals surface area contributed by atoms with Crippen LogP contribution < -0.4 is 5.43 Å². The van der Waals surface area contributed by atoms with Crippen LogP contribution in [0.4, 0.5) is 0 Å². The highest BCUT2D eigenvalue weighted by atomic mass is 16.4. The van der Waals surface area contributed by atoms with Crippen LogP contribution in [-0.4, -0.2) is 46.6 Å². The Bertz CT molecular complexity index is 1510. The number of ketones is 1. The lowest BCUT2D eigenvalue weighted by Crippen LogP contribution is -2.08. The average molecular weight is 454 g/mol. The monoisotopic (exact) mass is 454 g/mol. The van der Waals surface area contributed by atoms with Crippen LogP contribution in [0, 0.1) is 0 Å². The fraction of sp³-hybridized carbons (Fsp3) is 0. The van der Waals surface area contributed by atoms with Gasteiger partial charge in [0.25, 0.3) is 0 Å². The standard InChI is InChI=1S/C22H14O11/c23-9-2-1-7(3-10(9)24)22-21(32)20(31)16-14(33-22)6-11(25)15(19(16)30)17(28)8-4-12(26)18(29)13(27)5-8/h1-6,23-27,29-30,32H. The molecule has 0 aliphatic rings. The Labute approximate surface area is 182 Å². The SMILES string of the molecule is O=C(c1cc(O)c(O)c(O)c1)c1c(O)cc2oc(-c3ccc(O)c(O)c3)c(O)c(=O)c2c1O. The smallest absolute Gasteiger partial charge is 0.238 e. The van der Waals surface area contributed by atoms with Gasteiger partial charge in [-0.15, -0.1) is 0 Å². The Morgan fingerprint density at radius 3 is 1.91 bits per heavy atom. The van der Waals surface area contributed by atoms with Crippen LogP contribution in [-0.2, 0) is 0 Å². The molecule has 1 heterocycles. The maximum atomic E-state index is 12.8. The number of hydrogen-bond donors (Lipinski definition) is 8. The minimum atomic E-state index is -1.18. The number of benzene rings is 3. The van der Waals surface area contributed by atoms with Gasteiger partial charge in [0.05, 0.1) is 0 Å². The molecule has 168 valence electrons. The van der Waals surface area contributed by atoms with Gasteiger partial charge in [0.2, 0.25) is 17.0 Å². The lowest BCUT2D eigenvalue weighted by atomic mass is 9.98. The fourth-order valence-corrected chi connectivity index (χ4v) is 3.28. The van der Waals surface area contributed by atoms with Crippen molar-refractivity contribution in [1.82, 2.24) is 0 Å². The number of aromatic hydroxyl groups is 8. The van der Waals surface area contributed by atoms with Crippen molar-refractivity contribution in [3.63, 3.8) is 0 Å². The quantitative estimate of drug-likeness (QED) is 0.166. The molecule has 0 radical (unpaired) electrons. The van der Waals surface area contributed by atoms with Gasteiger partial charge in [0.15, 0.2) is 34.5 Å². The Hall–Kier alpha value is -5.06. The Morgan fingerprint density at radius 1 is 0.667 bits per heavy atom. The normalized spacial score (nSPS) is 11.0. The van der Waals surface area contributed by atoms with E-state index in [0.29, 0.717) is 0 Å².